The summed E-state index contributed by atoms with van der Waals surface area (Å²) in [5, 5.41) is 5.88. The van der Waals surface area contributed by atoms with E-state index in [1.54, 1.807) is 6.33 Å². The maximum absolute atomic E-state index is 12.6. The van der Waals surface area contributed by atoms with Crippen molar-refractivity contribution in [1.29, 1.82) is 0 Å². The van der Waals surface area contributed by atoms with Crippen molar-refractivity contribution in [2.24, 2.45) is 0 Å². The zero-order valence-corrected chi connectivity index (χ0v) is 23.2. The fourth-order valence-corrected chi connectivity index (χ4v) is 5.45. The average molecular weight is 550 g/mol. The highest BCUT2D eigenvalue weighted by molar-refractivity contribution is 7.16. The number of imidazole rings is 1. The van der Waals surface area contributed by atoms with Gasteiger partial charge in [0.25, 0.3) is 0 Å². The zero-order chi connectivity index (χ0) is 26.8. The number of fused-ring (bicyclic) bond motifs is 1. The number of methoxy groups -OCH3 is 1. The number of rotatable bonds is 9. The van der Waals surface area contributed by atoms with E-state index in [9.17, 15) is 4.79 Å². The first-order valence-electron chi connectivity index (χ1n) is 12.1. The molecule has 0 radical (unpaired) electrons. The summed E-state index contributed by atoms with van der Waals surface area (Å²) in [7, 11) is 5.45. The van der Waals surface area contributed by atoms with Crippen LogP contribution in [-0.2, 0) is 11.3 Å². The Balaban J connectivity index is 1.44. The fourth-order valence-electron chi connectivity index (χ4n) is 4.17. The number of carbonyl (C=O) groups excluding carboxylic acids is 1. The third-order valence-corrected chi connectivity index (χ3v) is 7.67. The van der Waals surface area contributed by atoms with E-state index in [1.807, 2.05) is 85.1 Å². The number of benzene rings is 2. The molecule has 3 aromatic heterocycles. The quantitative estimate of drug-likeness (QED) is 0.207. The lowest BCUT2D eigenvalue weighted by Gasteiger charge is -2.16. The third kappa shape index (κ3) is 5.31. The van der Waals surface area contributed by atoms with Gasteiger partial charge in [-0.15, -0.1) is 11.3 Å². The number of ether oxygens (including phenoxy) is 2. The molecule has 0 aliphatic heterocycles. The van der Waals surface area contributed by atoms with Gasteiger partial charge in [0.2, 0.25) is 0 Å². The van der Waals surface area contributed by atoms with Gasteiger partial charge in [-0.25, -0.2) is 9.78 Å². The summed E-state index contributed by atoms with van der Waals surface area (Å²) in [4.78, 5) is 19.7. The van der Waals surface area contributed by atoms with Crippen LogP contribution in [0.2, 0.25) is 5.02 Å². The monoisotopic (exact) mass is 549 g/mol. The van der Waals surface area contributed by atoms with Crippen LogP contribution < -0.4 is 4.74 Å². The van der Waals surface area contributed by atoms with Gasteiger partial charge in [0, 0.05) is 35.0 Å². The number of carbonyl (C=O) groups is 1. The summed E-state index contributed by atoms with van der Waals surface area (Å²) in [6.45, 7) is 3.64. The van der Waals surface area contributed by atoms with E-state index in [0.717, 1.165) is 45.8 Å². The molecule has 0 unspecified atom stereocenters. The van der Waals surface area contributed by atoms with Crippen molar-refractivity contribution in [3.05, 3.63) is 82.7 Å². The van der Waals surface area contributed by atoms with Gasteiger partial charge in [-0.1, -0.05) is 35.9 Å². The molecule has 0 spiro atoms. The van der Waals surface area contributed by atoms with Crippen molar-refractivity contribution in [1.82, 2.24) is 24.2 Å². The number of nitrogens with zero attached hydrogens (tertiary/aromatic N) is 5. The maximum atomic E-state index is 12.6. The Morgan fingerprint density at radius 3 is 2.74 bits per heavy atom. The molecule has 8 nitrogen and oxygen atoms in total. The van der Waals surface area contributed by atoms with Gasteiger partial charge in [-0.2, -0.15) is 5.10 Å². The highest BCUT2D eigenvalue weighted by Gasteiger charge is 2.23. The Hall–Kier alpha value is -3.66. The van der Waals surface area contributed by atoms with Gasteiger partial charge < -0.3 is 14.4 Å². The summed E-state index contributed by atoms with van der Waals surface area (Å²) in [6, 6.07) is 15.5. The van der Waals surface area contributed by atoms with Gasteiger partial charge in [-0.3, -0.25) is 9.25 Å². The summed E-state index contributed by atoms with van der Waals surface area (Å²) >= 11 is 7.66. The lowest BCUT2D eigenvalue weighted by molar-refractivity contribution is 0.0600. The van der Waals surface area contributed by atoms with E-state index in [1.165, 1.54) is 18.4 Å². The number of thiophene rings is 1. The molecule has 0 amide bonds. The minimum Gasteiger partial charge on any atom is -0.484 e. The first-order chi connectivity index (χ1) is 18.3. The molecule has 38 heavy (non-hydrogen) atoms. The predicted octanol–water partition coefficient (Wildman–Crippen LogP) is 6.09. The van der Waals surface area contributed by atoms with Crippen molar-refractivity contribution >= 4 is 39.9 Å². The summed E-state index contributed by atoms with van der Waals surface area (Å²) in [6.07, 6.45) is 5.31. The van der Waals surface area contributed by atoms with Crippen LogP contribution in [0.15, 0.2) is 67.3 Å². The lowest BCUT2D eigenvalue weighted by Crippen LogP contribution is -2.18. The molecular weight excluding hydrogens is 522 g/mol. The second-order valence-electron chi connectivity index (χ2n) is 9.16. The largest absolute Gasteiger partial charge is 0.484 e. The molecule has 0 saturated carbocycles. The molecule has 0 N–H and O–H groups in total. The maximum Gasteiger partial charge on any atom is 0.351 e. The SMILES string of the molecule is COC(=O)c1sc(-n2cnc3cc(-c4cnn(CCN(C)C)c4)ccc32)cc1O[C@H](C)c1ccccc1Cl. The van der Waals surface area contributed by atoms with Gasteiger partial charge in [0.15, 0.2) is 4.88 Å². The second kappa shape index (κ2) is 11.0. The van der Waals surface area contributed by atoms with Gasteiger partial charge in [0.1, 0.15) is 23.2 Å². The summed E-state index contributed by atoms with van der Waals surface area (Å²) < 4.78 is 15.1. The van der Waals surface area contributed by atoms with Crippen molar-refractivity contribution in [3.8, 4) is 21.9 Å². The van der Waals surface area contributed by atoms with Crippen LogP contribution in [0.4, 0.5) is 0 Å². The fraction of sp³-hybridized carbons (Fsp3) is 0.250. The summed E-state index contributed by atoms with van der Waals surface area (Å²) in [5.74, 6) is -0.0199. The van der Waals surface area contributed by atoms with Crippen LogP contribution in [0.5, 0.6) is 5.75 Å². The van der Waals surface area contributed by atoms with Crippen LogP contribution in [-0.4, -0.2) is 58.0 Å². The molecule has 0 bridgehead atoms. The first kappa shape index (κ1) is 26.0. The normalized spacial score (nSPS) is 12.3. The molecule has 0 fully saturated rings. The van der Waals surface area contributed by atoms with E-state index < -0.39 is 5.97 Å². The highest BCUT2D eigenvalue weighted by atomic mass is 35.5. The minimum absolute atomic E-state index is 0.365. The van der Waals surface area contributed by atoms with E-state index in [-0.39, 0.29) is 6.10 Å². The summed E-state index contributed by atoms with van der Waals surface area (Å²) in [5.41, 5.74) is 4.66. The first-order valence-corrected chi connectivity index (χ1v) is 13.3. The molecule has 5 rings (SSSR count). The van der Waals surface area contributed by atoms with Crippen LogP contribution in [0.1, 0.15) is 28.3 Å². The number of hydrogen-bond donors (Lipinski definition) is 0. The van der Waals surface area contributed by atoms with Crippen molar-refractivity contribution < 1.29 is 14.3 Å². The van der Waals surface area contributed by atoms with E-state index in [0.29, 0.717) is 15.6 Å². The van der Waals surface area contributed by atoms with E-state index in [4.69, 9.17) is 21.1 Å². The number of aromatic nitrogens is 4. The molecule has 0 aliphatic carbocycles. The Kier molecular flexibility index (Phi) is 7.51. The molecule has 1 atom stereocenters. The predicted molar refractivity (Wildman–Crippen MR) is 151 cm³/mol. The number of esters is 1. The molecule has 5 aromatic rings. The van der Waals surface area contributed by atoms with Gasteiger partial charge >= 0.3 is 5.97 Å². The molecule has 3 heterocycles. The Labute approximate surface area is 230 Å². The molecule has 0 aliphatic rings. The van der Waals surface area contributed by atoms with Crippen LogP contribution in [0.3, 0.4) is 0 Å². The van der Waals surface area contributed by atoms with Crippen LogP contribution in [0.25, 0.3) is 27.2 Å². The lowest BCUT2D eigenvalue weighted by atomic mass is 10.1. The molecule has 196 valence electrons. The van der Waals surface area contributed by atoms with Crippen molar-refractivity contribution in [3.63, 3.8) is 0 Å². The van der Waals surface area contributed by atoms with Crippen molar-refractivity contribution in [2.75, 3.05) is 27.7 Å². The number of likely N-dealkylation sites (N-methyl/N-ethyl adjacent to an activating group) is 1. The van der Waals surface area contributed by atoms with Crippen molar-refractivity contribution in [2.45, 2.75) is 19.6 Å². The Morgan fingerprint density at radius 1 is 1.16 bits per heavy atom. The second-order valence-corrected chi connectivity index (χ2v) is 10.6. The van der Waals surface area contributed by atoms with Crippen LogP contribution >= 0.6 is 22.9 Å². The Morgan fingerprint density at radius 2 is 1.97 bits per heavy atom. The smallest absolute Gasteiger partial charge is 0.351 e. The van der Waals surface area contributed by atoms with E-state index >= 15 is 0 Å². The van der Waals surface area contributed by atoms with Gasteiger partial charge in [-0.05, 0) is 44.8 Å². The van der Waals surface area contributed by atoms with Gasteiger partial charge in [0.05, 0.1) is 30.9 Å². The molecule has 10 heteroatoms. The number of halogens is 1. The van der Waals surface area contributed by atoms with E-state index in [2.05, 4.69) is 21.0 Å². The Bertz CT molecular complexity index is 1590. The third-order valence-electron chi connectivity index (χ3n) is 6.23. The molecule has 0 saturated heterocycles. The average Bonchev–Trinajstić information content (AvgIpc) is 3.65. The molecular formula is C28H28ClN5O3S. The topological polar surface area (TPSA) is 74.4 Å². The minimum atomic E-state index is -0.458. The van der Waals surface area contributed by atoms with Crippen LogP contribution in [0, 0.1) is 0 Å². The molecule has 2 aromatic carbocycles. The standard InChI is InChI=1S/C28H28ClN5O3S/c1-18(21-7-5-6-8-22(21)29)37-25-14-26(38-27(25)28(35)36-4)34-17-30-23-13-19(9-10-24(23)34)20-15-31-33(16-20)12-11-32(2)3/h5-10,13-18H,11-12H2,1-4H3/t18-/m1/s1. The number of hydrogen-bond acceptors (Lipinski definition) is 7. The zero-order valence-electron chi connectivity index (χ0n) is 21.6. The highest BCUT2D eigenvalue weighted by Crippen LogP contribution is 2.38.